The lowest BCUT2D eigenvalue weighted by Gasteiger charge is -1.83. The lowest BCUT2D eigenvalue weighted by molar-refractivity contribution is 0.487. The predicted molar refractivity (Wildman–Crippen MR) is 39.3 cm³/mol. The predicted octanol–water partition coefficient (Wildman–Crippen LogP) is 0.805. The van der Waals surface area contributed by atoms with E-state index in [1.807, 2.05) is 0 Å². The van der Waals surface area contributed by atoms with E-state index in [0.717, 1.165) is 0 Å². The number of H-pyrrole nitrogens is 1. The van der Waals surface area contributed by atoms with Crippen LogP contribution in [0.5, 0.6) is 0 Å². The van der Waals surface area contributed by atoms with Crippen LogP contribution >= 0.6 is 0 Å². The molecule has 2 heterocycles. The minimum atomic E-state index is -0.605. The Morgan fingerprint density at radius 1 is 1.42 bits per heavy atom. The zero-order valence-electron chi connectivity index (χ0n) is 6.03. The third kappa shape index (κ3) is 1.05. The molecule has 0 amide bonds. The summed E-state index contributed by atoms with van der Waals surface area (Å²) in [5.41, 5.74) is 0. The fourth-order valence-electron chi connectivity index (χ4n) is 0.828. The largest absolute Gasteiger partial charge is 0.456 e. The number of nitrogens with one attached hydrogen (secondary N) is 1. The van der Waals surface area contributed by atoms with Gasteiger partial charge >= 0.3 is 5.76 Å². The Labute approximate surface area is 67.0 Å². The van der Waals surface area contributed by atoms with Crippen molar-refractivity contribution in [2.75, 3.05) is 0 Å². The van der Waals surface area contributed by atoms with E-state index in [9.17, 15) is 4.79 Å². The summed E-state index contributed by atoms with van der Waals surface area (Å²) in [7, 11) is 0. The molecule has 0 bridgehead atoms. The first-order chi connectivity index (χ1) is 5.75. The van der Waals surface area contributed by atoms with Crippen LogP contribution in [0.15, 0.2) is 25.8 Å². The summed E-state index contributed by atoms with van der Waals surface area (Å²) in [4.78, 5) is 10.5. The van der Waals surface area contributed by atoms with E-state index >= 15 is 0 Å². The topological polar surface area (TPSA) is 72.0 Å². The van der Waals surface area contributed by atoms with Crippen LogP contribution < -0.4 is 5.76 Å². The molecule has 5 heteroatoms. The quantitative estimate of drug-likeness (QED) is 0.678. The highest BCUT2D eigenvalue weighted by Gasteiger charge is 2.08. The molecule has 2 aromatic rings. The number of nitrogens with zero attached hydrogens (tertiary/aromatic N) is 1. The Bertz CT molecular complexity index is 437. The molecule has 0 aliphatic heterocycles. The molecule has 5 nitrogen and oxygen atoms in total. The van der Waals surface area contributed by atoms with E-state index < -0.39 is 5.76 Å². The molecule has 0 saturated heterocycles. The summed E-state index contributed by atoms with van der Waals surface area (Å²) in [6.45, 7) is 3.55. The molecule has 2 rings (SSSR count). The molecule has 0 unspecified atom stereocenters. The van der Waals surface area contributed by atoms with Gasteiger partial charge in [0, 0.05) is 6.92 Å². The molecule has 2 aromatic heterocycles. The Hall–Kier alpha value is -1.78. The molecule has 1 radical (unpaired) electrons. The third-order valence-corrected chi connectivity index (χ3v) is 1.31. The van der Waals surface area contributed by atoms with Gasteiger partial charge in [-0.15, -0.1) is 5.10 Å². The Balaban J connectivity index is 2.50. The second-order valence-electron chi connectivity index (χ2n) is 2.18. The Morgan fingerprint density at radius 2 is 2.25 bits per heavy atom. The van der Waals surface area contributed by atoms with Crippen molar-refractivity contribution in [3.8, 4) is 11.7 Å². The van der Waals surface area contributed by atoms with E-state index in [1.54, 1.807) is 12.1 Å². The molecule has 61 valence electrons. The average Bonchev–Trinajstić information content (AvgIpc) is 2.58. The first-order valence-electron chi connectivity index (χ1n) is 3.23. The second-order valence-corrected chi connectivity index (χ2v) is 2.18. The molecular weight excluding hydrogens is 160 g/mol. The van der Waals surface area contributed by atoms with Gasteiger partial charge in [-0.1, -0.05) is 0 Å². The molecule has 0 spiro atoms. The van der Waals surface area contributed by atoms with Crippen molar-refractivity contribution in [2.45, 2.75) is 0 Å². The standard InChI is InChI=1S/C7H5N2O3/c1-4-2-3-5(11-4)6-8-9-7(10)12-6/h2-3H,1H2,(H,9,10). The van der Waals surface area contributed by atoms with E-state index in [2.05, 4.69) is 21.5 Å². The maximum Gasteiger partial charge on any atom is 0.434 e. The van der Waals surface area contributed by atoms with E-state index in [0.29, 0.717) is 11.5 Å². The normalized spacial score (nSPS) is 10.4. The second kappa shape index (κ2) is 2.37. The molecular formula is C7H5N2O3. The highest BCUT2D eigenvalue weighted by molar-refractivity contribution is 5.43. The van der Waals surface area contributed by atoms with Crippen LogP contribution in [0.25, 0.3) is 11.7 Å². The lowest BCUT2D eigenvalue weighted by atomic mass is 10.4. The van der Waals surface area contributed by atoms with Crippen molar-refractivity contribution in [1.82, 2.24) is 10.2 Å². The molecule has 0 atom stereocenters. The van der Waals surface area contributed by atoms with Crippen LogP contribution in [-0.2, 0) is 0 Å². The highest BCUT2D eigenvalue weighted by Crippen LogP contribution is 2.17. The molecule has 1 N–H and O–H groups in total. The van der Waals surface area contributed by atoms with Gasteiger partial charge < -0.3 is 8.83 Å². The average molecular weight is 165 g/mol. The first-order valence-corrected chi connectivity index (χ1v) is 3.23. The summed E-state index contributed by atoms with van der Waals surface area (Å²) >= 11 is 0. The van der Waals surface area contributed by atoms with Gasteiger partial charge in [-0.25, -0.2) is 9.89 Å². The van der Waals surface area contributed by atoms with Crippen molar-refractivity contribution in [3.63, 3.8) is 0 Å². The fourth-order valence-corrected chi connectivity index (χ4v) is 0.828. The van der Waals surface area contributed by atoms with Crippen LogP contribution in [-0.4, -0.2) is 10.2 Å². The van der Waals surface area contributed by atoms with Crippen LogP contribution in [0.1, 0.15) is 5.76 Å². The summed E-state index contributed by atoms with van der Waals surface area (Å²) in [5.74, 6) is 0.413. The zero-order chi connectivity index (χ0) is 8.55. The number of hydrogen-bond donors (Lipinski definition) is 1. The van der Waals surface area contributed by atoms with Gasteiger partial charge in [-0.05, 0) is 12.1 Å². The molecule has 0 aliphatic carbocycles. The molecule has 12 heavy (non-hydrogen) atoms. The van der Waals surface area contributed by atoms with E-state index in [1.165, 1.54) is 0 Å². The Kier molecular flexibility index (Phi) is 1.36. The number of aromatic nitrogens is 2. The highest BCUT2D eigenvalue weighted by atomic mass is 16.4. The number of furan rings is 1. The van der Waals surface area contributed by atoms with Gasteiger partial charge in [0.25, 0.3) is 5.89 Å². The van der Waals surface area contributed by atoms with Gasteiger partial charge in [-0.2, -0.15) is 0 Å². The van der Waals surface area contributed by atoms with Gasteiger partial charge in [0.1, 0.15) is 5.76 Å². The van der Waals surface area contributed by atoms with Crippen LogP contribution in [0, 0.1) is 6.92 Å². The van der Waals surface area contributed by atoms with Crippen molar-refractivity contribution >= 4 is 0 Å². The zero-order valence-corrected chi connectivity index (χ0v) is 6.03. The van der Waals surface area contributed by atoms with Gasteiger partial charge in [-0.3, -0.25) is 0 Å². The number of hydrogen-bond acceptors (Lipinski definition) is 4. The number of aromatic amines is 1. The van der Waals surface area contributed by atoms with E-state index in [-0.39, 0.29) is 5.89 Å². The van der Waals surface area contributed by atoms with Crippen molar-refractivity contribution in [2.24, 2.45) is 0 Å². The van der Waals surface area contributed by atoms with Crippen LogP contribution in [0.3, 0.4) is 0 Å². The molecule has 0 fully saturated rings. The summed E-state index contributed by atoms with van der Waals surface area (Å²) in [6, 6.07) is 3.28. The van der Waals surface area contributed by atoms with Crippen LogP contribution in [0.2, 0.25) is 0 Å². The summed E-state index contributed by atoms with van der Waals surface area (Å²) < 4.78 is 9.70. The first kappa shape index (κ1) is 6.90. The molecule has 0 aliphatic rings. The minimum absolute atomic E-state index is 0.134. The molecule has 0 aromatic carbocycles. The van der Waals surface area contributed by atoms with Gasteiger partial charge in [0.2, 0.25) is 0 Å². The smallest absolute Gasteiger partial charge is 0.434 e. The third-order valence-electron chi connectivity index (χ3n) is 1.31. The van der Waals surface area contributed by atoms with Crippen LogP contribution in [0.4, 0.5) is 0 Å². The number of rotatable bonds is 1. The molecule has 0 saturated carbocycles. The van der Waals surface area contributed by atoms with Gasteiger partial charge in [0.15, 0.2) is 5.76 Å². The van der Waals surface area contributed by atoms with Crippen molar-refractivity contribution < 1.29 is 8.83 Å². The summed E-state index contributed by atoms with van der Waals surface area (Å²) in [6.07, 6.45) is 0. The fraction of sp³-hybridized carbons (Fsp3) is 0. The SMILES string of the molecule is [CH2]c1ccc(-c2n[nH]c(=O)o2)o1. The monoisotopic (exact) mass is 165 g/mol. The summed E-state index contributed by atoms with van der Waals surface area (Å²) in [5, 5.41) is 5.70. The Morgan fingerprint density at radius 3 is 2.75 bits per heavy atom. The van der Waals surface area contributed by atoms with Gasteiger partial charge in [0.05, 0.1) is 0 Å². The lowest BCUT2D eigenvalue weighted by Crippen LogP contribution is -1.93. The van der Waals surface area contributed by atoms with E-state index in [4.69, 9.17) is 4.42 Å². The van der Waals surface area contributed by atoms with Crippen molar-refractivity contribution in [3.05, 3.63) is 35.4 Å². The van der Waals surface area contributed by atoms with Crippen molar-refractivity contribution in [1.29, 1.82) is 0 Å². The maximum absolute atomic E-state index is 10.5. The maximum atomic E-state index is 10.5. The minimum Gasteiger partial charge on any atom is -0.456 e.